The standard InChI is InChI=1S/C14H19N3O3/c1-15-12-9-10(7-8-13(12)17(19)20)14(18)16-11-5-3-2-4-6-11/h7-9,11,15H,2-6H2,1H3,(H,16,18). The van der Waals surface area contributed by atoms with Crippen LogP contribution < -0.4 is 10.6 Å². The fourth-order valence-electron chi connectivity index (χ4n) is 2.55. The second kappa shape index (κ2) is 6.36. The van der Waals surface area contributed by atoms with E-state index in [0.29, 0.717) is 11.3 Å². The molecule has 0 spiro atoms. The minimum Gasteiger partial charge on any atom is -0.383 e. The fourth-order valence-corrected chi connectivity index (χ4v) is 2.55. The average Bonchev–Trinajstić information content (AvgIpc) is 2.47. The molecule has 6 heteroatoms. The molecule has 0 saturated heterocycles. The van der Waals surface area contributed by atoms with Crippen molar-refractivity contribution in [1.29, 1.82) is 0 Å². The van der Waals surface area contributed by atoms with E-state index in [1.165, 1.54) is 24.6 Å². The predicted octanol–water partition coefficient (Wildman–Crippen LogP) is 2.70. The molecule has 20 heavy (non-hydrogen) atoms. The number of amides is 1. The summed E-state index contributed by atoms with van der Waals surface area (Å²) in [6.07, 6.45) is 5.54. The maximum absolute atomic E-state index is 12.2. The summed E-state index contributed by atoms with van der Waals surface area (Å²) < 4.78 is 0. The average molecular weight is 277 g/mol. The largest absolute Gasteiger partial charge is 0.383 e. The number of anilines is 1. The molecular weight excluding hydrogens is 258 g/mol. The summed E-state index contributed by atoms with van der Waals surface area (Å²) in [5.41, 5.74) is 0.776. The third-order valence-corrected chi connectivity index (χ3v) is 3.67. The number of nitro benzene ring substituents is 1. The molecule has 0 unspecified atom stereocenters. The summed E-state index contributed by atoms with van der Waals surface area (Å²) in [6.45, 7) is 0. The van der Waals surface area contributed by atoms with E-state index < -0.39 is 4.92 Å². The van der Waals surface area contributed by atoms with Gasteiger partial charge in [-0.25, -0.2) is 0 Å². The van der Waals surface area contributed by atoms with E-state index in [2.05, 4.69) is 10.6 Å². The van der Waals surface area contributed by atoms with Gasteiger partial charge < -0.3 is 10.6 Å². The summed E-state index contributed by atoms with van der Waals surface area (Å²) >= 11 is 0. The van der Waals surface area contributed by atoms with Gasteiger partial charge in [-0.2, -0.15) is 0 Å². The molecule has 0 heterocycles. The minimum atomic E-state index is -0.464. The quantitative estimate of drug-likeness (QED) is 0.654. The summed E-state index contributed by atoms with van der Waals surface area (Å²) in [4.78, 5) is 22.5. The molecule has 1 aliphatic carbocycles. The lowest BCUT2D eigenvalue weighted by atomic mass is 9.95. The monoisotopic (exact) mass is 277 g/mol. The van der Waals surface area contributed by atoms with Crippen LogP contribution in [-0.4, -0.2) is 23.9 Å². The van der Waals surface area contributed by atoms with Crippen LogP contribution in [-0.2, 0) is 0 Å². The Balaban J connectivity index is 2.11. The van der Waals surface area contributed by atoms with Gasteiger partial charge in [0, 0.05) is 24.7 Å². The second-order valence-corrected chi connectivity index (χ2v) is 5.05. The van der Waals surface area contributed by atoms with Crippen LogP contribution in [0, 0.1) is 10.1 Å². The molecule has 108 valence electrons. The van der Waals surface area contributed by atoms with Crippen molar-refractivity contribution >= 4 is 17.3 Å². The molecule has 0 bridgehead atoms. The molecule has 1 aromatic rings. The van der Waals surface area contributed by atoms with Crippen LogP contribution in [0.4, 0.5) is 11.4 Å². The van der Waals surface area contributed by atoms with E-state index in [0.717, 1.165) is 25.7 Å². The highest BCUT2D eigenvalue weighted by atomic mass is 16.6. The summed E-state index contributed by atoms with van der Waals surface area (Å²) in [5, 5.41) is 16.6. The maximum atomic E-state index is 12.2. The summed E-state index contributed by atoms with van der Waals surface area (Å²) in [7, 11) is 1.60. The SMILES string of the molecule is CNc1cc(C(=O)NC2CCCCC2)ccc1[N+](=O)[O-]. The Morgan fingerprint density at radius 1 is 1.30 bits per heavy atom. The maximum Gasteiger partial charge on any atom is 0.292 e. The highest BCUT2D eigenvalue weighted by Gasteiger charge is 2.19. The zero-order valence-corrected chi connectivity index (χ0v) is 11.5. The third-order valence-electron chi connectivity index (χ3n) is 3.67. The predicted molar refractivity (Wildman–Crippen MR) is 77.0 cm³/mol. The van der Waals surface area contributed by atoms with Crippen LogP contribution in [0.1, 0.15) is 42.5 Å². The zero-order valence-electron chi connectivity index (χ0n) is 11.5. The lowest BCUT2D eigenvalue weighted by Crippen LogP contribution is -2.36. The molecule has 1 aromatic carbocycles. The van der Waals surface area contributed by atoms with E-state index in [-0.39, 0.29) is 17.6 Å². The second-order valence-electron chi connectivity index (χ2n) is 5.05. The van der Waals surface area contributed by atoms with Crippen molar-refractivity contribution in [3.8, 4) is 0 Å². The Morgan fingerprint density at radius 3 is 2.60 bits per heavy atom. The number of carbonyl (C=O) groups is 1. The topological polar surface area (TPSA) is 84.3 Å². The Bertz CT molecular complexity index is 510. The minimum absolute atomic E-state index is 0.0262. The molecule has 0 aromatic heterocycles. The normalized spacial score (nSPS) is 15.7. The lowest BCUT2D eigenvalue weighted by Gasteiger charge is -2.22. The summed E-state index contributed by atoms with van der Waals surface area (Å²) in [5.74, 6) is -0.164. The van der Waals surface area contributed by atoms with Gasteiger partial charge in [-0.05, 0) is 25.0 Å². The van der Waals surface area contributed by atoms with Gasteiger partial charge in [0.2, 0.25) is 0 Å². The number of nitro groups is 1. The molecule has 1 aliphatic rings. The van der Waals surface area contributed by atoms with Crippen molar-refractivity contribution in [2.24, 2.45) is 0 Å². The lowest BCUT2D eigenvalue weighted by molar-refractivity contribution is -0.383. The molecule has 1 amide bonds. The van der Waals surface area contributed by atoms with Gasteiger partial charge in [0.25, 0.3) is 11.6 Å². The molecule has 2 rings (SSSR count). The van der Waals surface area contributed by atoms with Crippen LogP contribution in [0.5, 0.6) is 0 Å². The molecule has 0 radical (unpaired) electrons. The van der Waals surface area contributed by atoms with Crippen LogP contribution in [0.25, 0.3) is 0 Å². The van der Waals surface area contributed by atoms with Gasteiger partial charge >= 0.3 is 0 Å². The van der Waals surface area contributed by atoms with Crippen LogP contribution in [0.3, 0.4) is 0 Å². The van der Waals surface area contributed by atoms with E-state index in [9.17, 15) is 14.9 Å². The number of nitrogens with one attached hydrogen (secondary N) is 2. The van der Waals surface area contributed by atoms with Gasteiger partial charge in [-0.3, -0.25) is 14.9 Å². The highest BCUT2D eigenvalue weighted by molar-refractivity contribution is 5.96. The molecule has 1 fully saturated rings. The van der Waals surface area contributed by atoms with Crippen molar-refractivity contribution in [3.05, 3.63) is 33.9 Å². The van der Waals surface area contributed by atoms with Crippen LogP contribution in [0.15, 0.2) is 18.2 Å². The van der Waals surface area contributed by atoms with Gasteiger partial charge in [0.05, 0.1) is 4.92 Å². The van der Waals surface area contributed by atoms with Crippen molar-refractivity contribution < 1.29 is 9.72 Å². The number of nitrogens with zero attached hydrogens (tertiary/aromatic N) is 1. The number of hydrogen-bond acceptors (Lipinski definition) is 4. The van der Waals surface area contributed by atoms with Crippen molar-refractivity contribution in [3.63, 3.8) is 0 Å². The first-order chi connectivity index (χ1) is 9.61. The van der Waals surface area contributed by atoms with E-state index in [4.69, 9.17) is 0 Å². The zero-order chi connectivity index (χ0) is 14.5. The first-order valence-corrected chi connectivity index (χ1v) is 6.89. The fraction of sp³-hybridized carbons (Fsp3) is 0.500. The Morgan fingerprint density at radius 2 is 2.00 bits per heavy atom. The smallest absolute Gasteiger partial charge is 0.292 e. The van der Waals surface area contributed by atoms with E-state index in [1.807, 2.05) is 0 Å². The van der Waals surface area contributed by atoms with E-state index in [1.54, 1.807) is 7.05 Å². The van der Waals surface area contributed by atoms with Crippen molar-refractivity contribution in [2.45, 2.75) is 38.1 Å². The third kappa shape index (κ3) is 3.26. The summed E-state index contributed by atoms with van der Waals surface area (Å²) in [6, 6.07) is 4.61. The van der Waals surface area contributed by atoms with Crippen LogP contribution >= 0.6 is 0 Å². The number of benzene rings is 1. The highest BCUT2D eigenvalue weighted by Crippen LogP contribution is 2.25. The van der Waals surface area contributed by atoms with Crippen LogP contribution in [0.2, 0.25) is 0 Å². The van der Waals surface area contributed by atoms with Gasteiger partial charge in [-0.15, -0.1) is 0 Å². The molecule has 2 N–H and O–H groups in total. The molecule has 1 saturated carbocycles. The number of rotatable bonds is 4. The van der Waals surface area contributed by atoms with Gasteiger partial charge in [-0.1, -0.05) is 19.3 Å². The Kier molecular flexibility index (Phi) is 4.55. The Hall–Kier alpha value is -2.11. The first kappa shape index (κ1) is 14.3. The van der Waals surface area contributed by atoms with Gasteiger partial charge in [0.1, 0.15) is 5.69 Å². The van der Waals surface area contributed by atoms with Gasteiger partial charge in [0.15, 0.2) is 0 Å². The molecule has 0 atom stereocenters. The number of hydrogen-bond donors (Lipinski definition) is 2. The molecule has 6 nitrogen and oxygen atoms in total. The first-order valence-electron chi connectivity index (χ1n) is 6.89. The van der Waals surface area contributed by atoms with Crippen molar-refractivity contribution in [2.75, 3.05) is 12.4 Å². The van der Waals surface area contributed by atoms with Crippen molar-refractivity contribution in [1.82, 2.24) is 5.32 Å². The Labute approximate surface area is 117 Å². The molecular formula is C14H19N3O3. The molecule has 0 aliphatic heterocycles. The number of carbonyl (C=O) groups excluding carboxylic acids is 1. The van der Waals surface area contributed by atoms with E-state index >= 15 is 0 Å².